The summed E-state index contributed by atoms with van der Waals surface area (Å²) in [5.41, 5.74) is 0.496. The lowest BCUT2D eigenvalue weighted by Crippen LogP contribution is -2.20. The number of aliphatic carboxylic acids is 1. The predicted molar refractivity (Wildman–Crippen MR) is 72.0 cm³/mol. The van der Waals surface area contributed by atoms with Crippen LogP contribution in [0.4, 0.5) is 4.39 Å². The lowest BCUT2D eigenvalue weighted by Gasteiger charge is -2.23. The molecule has 2 aromatic rings. The van der Waals surface area contributed by atoms with Gasteiger partial charge >= 0.3 is 5.97 Å². The van der Waals surface area contributed by atoms with Crippen LogP contribution in [0, 0.1) is 5.82 Å². The normalized spacial score (nSPS) is 11.5. The maximum Gasteiger partial charge on any atom is 0.309 e. The minimum Gasteiger partial charge on any atom is -0.481 e. The number of hydrogen-bond acceptors (Lipinski definition) is 3. The quantitative estimate of drug-likeness (QED) is 0.934. The molecule has 0 bridgehead atoms. The molecule has 1 heterocycles. The molecule has 19 heavy (non-hydrogen) atoms. The van der Waals surface area contributed by atoms with Crippen molar-refractivity contribution in [2.75, 3.05) is 0 Å². The molecule has 2 rings (SSSR count). The summed E-state index contributed by atoms with van der Waals surface area (Å²) in [5.74, 6) is -1.19. The second-order valence-corrected chi connectivity index (χ2v) is 5.68. The summed E-state index contributed by atoms with van der Waals surface area (Å²) in [4.78, 5) is 15.0. The molecule has 0 amide bonds. The molecule has 0 unspecified atom stereocenters. The fourth-order valence-corrected chi connectivity index (χ4v) is 2.87. The van der Waals surface area contributed by atoms with E-state index in [2.05, 4.69) is 4.98 Å². The molecule has 100 valence electrons. The third-order valence-corrected chi connectivity index (χ3v) is 4.18. The van der Waals surface area contributed by atoms with E-state index in [1.807, 2.05) is 13.8 Å². The molecule has 0 saturated carbocycles. The van der Waals surface area contributed by atoms with Gasteiger partial charge in [-0.15, -0.1) is 11.3 Å². The van der Waals surface area contributed by atoms with Crippen molar-refractivity contribution in [1.82, 2.24) is 4.98 Å². The summed E-state index contributed by atoms with van der Waals surface area (Å²) >= 11 is 1.36. The van der Waals surface area contributed by atoms with Crippen LogP contribution in [0.15, 0.2) is 29.6 Å². The summed E-state index contributed by atoms with van der Waals surface area (Å²) in [5, 5.41) is 11.2. The number of nitrogens with zero attached hydrogens (tertiary/aromatic N) is 1. The van der Waals surface area contributed by atoms with Gasteiger partial charge in [0.15, 0.2) is 0 Å². The van der Waals surface area contributed by atoms with Crippen LogP contribution in [0.1, 0.15) is 30.1 Å². The molecule has 1 aromatic carbocycles. The molecule has 5 heteroatoms. The first-order valence-electron chi connectivity index (χ1n) is 5.83. The van der Waals surface area contributed by atoms with Gasteiger partial charge in [-0.3, -0.25) is 4.79 Å². The summed E-state index contributed by atoms with van der Waals surface area (Å²) in [6.07, 6.45) is -0.107. The lowest BCUT2D eigenvalue weighted by molar-refractivity contribution is -0.136. The van der Waals surface area contributed by atoms with Gasteiger partial charge in [-0.25, -0.2) is 9.37 Å². The predicted octanol–water partition coefficient (Wildman–Crippen LogP) is 3.24. The topological polar surface area (TPSA) is 50.2 Å². The smallest absolute Gasteiger partial charge is 0.309 e. The van der Waals surface area contributed by atoms with Gasteiger partial charge in [0, 0.05) is 16.4 Å². The summed E-state index contributed by atoms with van der Waals surface area (Å²) in [7, 11) is 0. The molecule has 1 N–H and O–H groups in total. The fraction of sp³-hybridized carbons (Fsp3) is 0.286. The second-order valence-electron chi connectivity index (χ2n) is 4.82. The minimum atomic E-state index is -0.916. The van der Waals surface area contributed by atoms with Gasteiger partial charge in [0.25, 0.3) is 0 Å². The number of hydrogen-bond donors (Lipinski definition) is 1. The van der Waals surface area contributed by atoms with Crippen molar-refractivity contribution >= 4 is 17.3 Å². The van der Waals surface area contributed by atoms with Gasteiger partial charge in [-0.1, -0.05) is 18.2 Å². The first kappa shape index (κ1) is 13.7. The number of rotatable bonds is 4. The molecule has 0 fully saturated rings. The average Bonchev–Trinajstić information content (AvgIpc) is 2.77. The highest BCUT2D eigenvalue weighted by atomic mass is 32.1. The van der Waals surface area contributed by atoms with E-state index >= 15 is 0 Å². The van der Waals surface area contributed by atoms with Crippen molar-refractivity contribution < 1.29 is 14.3 Å². The Morgan fingerprint density at radius 1 is 1.42 bits per heavy atom. The van der Waals surface area contributed by atoms with E-state index in [-0.39, 0.29) is 12.2 Å². The zero-order valence-corrected chi connectivity index (χ0v) is 11.5. The van der Waals surface area contributed by atoms with Gasteiger partial charge in [-0.05, 0) is 19.9 Å². The highest BCUT2D eigenvalue weighted by Gasteiger charge is 2.29. The highest BCUT2D eigenvalue weighted by Crippen LogP contribution is 2.34. The Morgan fingerprint density at radius 3 is 2.74 bits per heavy atom. The number of thiazole rings is 1. The Hall–Kier alpha value is -1.75. The van der Waals surface area contributed by atoms with Crippen LogP contribution < -0.4 is 0 Å². The van der Waals surface area contributed by atoms with Gasteiger partial charge in [0.1, 0.15) is 10.8 Å². The number of aromatic nitrogens is 1. The third kappa shape index (κ3) is 2.81. The zero-order valence-electron chi connectivity index (χ0n) is 10.7. The molecule has 0 radical (unpaired) electrons. The maximum atomic E-state index is 13.9. The van der Waals surface area contributed by atoms with Crippen LogP contribution >= 0.6 is 11.3 Å². The first-order valence-corrected chi connectivity index (χ1v) is 6.71. The zero-order chi connectivity index (χ0) is 14.0. The van der Waals surface area contributed by atoms with Crippen LogP contribution in [-0.2, 0) is 16.6 Å². The van der Waals surface area contributed by atoms with Gasteiger partial charge in [-0.2, -0.15) is 0 Å². The van der Waals surface area contributed by atoms with Crippen molar-refractivity contribution in [2.24, 2.45) is 0 Å². The average molecular weight is 279 g/mol. The number of carboxylic acids is 1. The number of carboxylic acid groups (broad SMARTS) is 1. The van der Waals surface area contributed by atoms with Gasteiger partial charge in [0.05, 0.1) is 12.1 Å². The summed E-state index contributed by atoms with van der Waals surface area (Å²) in [6.45, 7) is 3.77. The van der Waals surface area contributed by atoms with Crippen LogP contribution in [0.3, 0.4) is 0 Å². The van der Waals surface area contributed by atoms with Crippen molar-refractivity contribution in [3.63, 3.8) is 0 Å². The third-order valence-electron chi connectivity index (χ3n) is 2.97. The van der Waals surface area contributed by atoms with E-state index in [9.17, 15) is 9.18 Å². The lowest BCUT2D eigenvalue weighted by atomic mass is 9.85. The summed E-state index contributed by atoms with van der Waals surface area (Å²) in [6, 6.07) is 6.58. The van der Waals surface area contributed by atoms with Gasteiger partial charge in [0.2, 0.25) is 0 Å². The van der Waals surface area contributed by atoms with Crippen molar-refractivity contribution in [3.05, 3.63) is 51.7 Å². The first-order chi connectivity index (χ1) is 8.91. The van der Waals surface area contributed by atoms with E-state index in [4.69, 9.17) is 5.11 Å². The Kier molecular flexibility index (Phi) is 3.66. The molecule has 1 aromatic heterocycles. The van der Waals surface area contributed by atoms with E-state index in [1.165, 1.54) is 17.4 Å². The number of carbonyl (C=O) groups is 1. The summed E-state index contributed by atoms with van der Waals surface area (Å²) < 4.78 is 13.9. The van der Waals surface area contributed by atoms with E-state index in [0.717, 1.165) is 0 Å². The maximum absolute atomic E-state index is 13.9. The van der Waals surface area contributed by atoms with Crippen molar-refractivity contribution in [1.29, 1.82) is 0 Å². The second kappa shape index (κ2) is 5.09. The standard InChI is InChI=1S/C14H14FNO2S/c1-14(2,10-5-3-4-6-11(10)15)13-16-9(8-19-13)7-12(17)18/h3-6,8H,7H2,1-2H3,(H,17,18). The Morgan fingerprint density at radius 2 is 2.11 bits per heavy atom. The SMILES string of the molecule is CC(C)(c1nc(CC(=O)O)cs1)c1ccccc1F. The molecule has 0 saturated heterocycles. The molecule has 0 spiro atoms. The molecule has 0 aliphatic carbocycles. The van der Waals surface area contributed by atoms with E-state index in [1.54, 1.807) is 23.6 Å². The number of halogens is 1. The van der Waals surface area contributed by atoms with E-state index < -0.39 is 11.4 Å². The van der Waals surface area contributed by atoms with Crippen LogP contribution in [0.5, 0.6) is 0 Å². The van der Waals surface area contributed by atoms with Crippen molar-refractivity contribution in [2.45, 2.75) is 25.7 Å². The molecule has 0 aliphatic heterocycles. The largest absolute Gasteiger partial charge is 0.481 e. The molecule has 0 atom stereocenters. The van der Waals surface area contributed by atoms with Crippen LogP contribution in [0.2, 0.25) is 0 Å². The van der Waals surface area contributed by atoms with Crippen LogP contribution in [0.25, 0.3) is 0 Å². The van der Waals surface area contributed by atoms with E-state index in [0.29, 0.717) is 16.3 Å². The molecule has 3 nitrogen and oxygen atoms in total. The van der Waals surface area contributed by atoms with Crippen LogP contribution in [-0.4, -0.2) is 16.1 Å². The Balaban J connectivity index is 2.37. The fourth-order valence-electron chi connectivity index (χ4n) is 1.91. The minimum absolute atomic E-state index is 0.107. The Bertz CT molecular complexity index is 607. The number of benzene rings is 1. The molecular weight excluding hydrogens is 265 g/mol. The van der Waals surface area contributed by atoms with Crippen molar-refractivity contribution in [3.8, 4) is 0 Å². The molecular formula is C14H14FNO2S. The Labute approximate surface area is 114 Å². The monoisotopic (exact) mass is 279 g/mol. The molecule has 0 aliphatic rings. The van der Waals surface area contributed by atoms with Gasteiger partial charge < -0.3 is 5.11 Å². The highest BCUT2D eigenvalue weighted by molar-refractivity contribution is 7.09.